The quantitative estimate of drug-likeness (QED) is 0.449. The molecular weight excluding hydrogens is 276 g/mol. The molecule has 1 rings (SSSR count). The summed E-state index contributed by atoms with van der Waals surface area (Å²) in [5, 5.41) is -0.0439. The molecule has 0 radical (unpaired) electrons. The van der Waals surface area contributed by atoms with Gasteiger partial charge in [-0.1, -0.05) is 17.7 Å². The lowest BCUT2D eigenvalue weighted by molar-refractivity contribution is 0.144. The molecule has 0 bridgehead atoms. The minimum atomic E-state index is -3.63. The second kappa shape index (κ2) is 7.48. The second-order valence-electron chi connectivity index (χ2n) is 3.38. The van der Waals surface area contributed by atoms with Crippen molar-refractivity contribution in [2.45, 2.75) is 11.3 Å². The van der Waals surface area contributed by atoms with Crippen LogP contribution in [0.3, 0.4) is 0 Å². The molecule has 0 unspecified atom stereocenters. The van der Waals surface area contributed by atoms with Crippen molar-refractivity contribution in [3.8, 4) is 0 Å². The number of aromatic nitrogens is 1. The first-order valence-electron chi connectivity index (χ1n) is 5.37. The zero-order chi connectivity index (χ0) is 13.4. The summed E-state index contributed by atoms with van der Waals surface area (Å²) in [7, 11) is -3.63. The lowest BCUT2D eigenvalue weighted by Gasteiger charge is -2.07. The first-order valence-corrected chi connectivity index (χ1v) is 7.23. The summed E-state index contributed by atoms with van der Waals surface area (Å²) < 4.78 is 31.2. The molecule has 5 nitrogen and oxygen atoms in total. The van der Waals surface area contributed by atoms with Crippen LogP contribution in [0.2, 0.25) is 5.15 Å². The van der Waals surface area contributed by atoms with Crippen LogP contribution in [0.4, 0.5) is 0 Å². The maximum Gasteiger partial charge on any atom is 0.243 e. The highest BCUT2D eigenvalue weighted by Crippen LogP contribution is 2.16. The van der Waals surface area contributed by atoms with Gasteiger partial charge in [-0.2, -0.15) is 0 Å². The summed E-state index contributed by atoms with van der Waals surface area (Å²) in [6, 6.07) is 2.91. The Morgan fingerprint density at radius 1 is 1.50 bits per heavy atom. The molecule has 0 aliphatic rings. The molecule has 1 N–H and O–H groups in total. The van der Waals surface area contributed by atoms with E-state index in [9.17, 15) is 8.42 Å². The molecular formula is C11H15ClN2O3S. The van der Waals surface area contributed by atoms with Gasteiger partial charge in [0.15, 0.2) is 0 Å². The molecule has 0 aliphatic carbocycles. The maximum absolute atomic E-state index is 11.8. The molecule has 100 valence electrons. The number of pyridine rings is 1. The summed E-state index contributed by atoms with van der Waals surface area (Å²) in [6.07, 6.45) is 3.90. The number of rotatable bonds is 8. The van der Waals surface area contributed by atoms with Crippen molar-refractivity contribution in [3.63, 3.8) is 0 Å². The highest BCUT2D eigenvalue weighted by molar-refractivity contribution is 7.89. The molecule has 1 aromatic rings. The molecule has 0 saturated heterocycles. The van der Waals surface area contributed by atoms with Crippen molar-refractivity contribution in [2.24, 2.45) is 0 Å². The minimum absolute atomic E-state index is 0.0299. The van der Waals surface area contributed by atoms with Crippen molar-refractivity contribution in [2.75, 3.05) is 19.8 Å². The Morgan fingerprint density at radius 2 is 2.28 bits per heavy atom. The fraction of sp³-hybridized carbons (Fsp3) is 0.364. The molecule has 0 aliphatic heterocycles. The van der Waals surface area contributed by atoms with Gasteiger partial charge >= 0.3 is 0 Å². The van der Waals surface area contributed by atoms with E-state index in [4.69, 9.17) is 16.3 Å². The van der Waals surface area contributed by atoms with Crippen LogP contribution in [0.5, 0.6) is 0 Å². The predicted octanol–water partition coefficient (Wildman–Crippen LogP) is 1.61. The number of hydrogen-bond acceptors (Lipinski definition) is 4. The maximum atomic E-state index is 11.8. The lowest BCUT2D eigenvalue weighted by Crippen LogP contribution is -2.28. The SMILES string of the molecule is C=CCCOCCNS(=O)(=O)c1cccnc1Cl. The van der Waals surface area contributed by atoms with Gasteiger partial charge in [0.25, 0.3) is 0 Å². The zero-order valence-electron chi connectivity index (χ0n) is 9.80. The van der Waals surface area contributed by atoms with E-state index in [1.165, 1.54) is 18.3 Å². The van der Waals surface area contributed by atoms with E-state index in [1.807, 2.05) is 0 Å². The van der Waals surface area contributed by atoms with Crippen molar-refractivity contribution >= 4 is 21.6 Å². The Labute approximate surface area is 112 Å². The average Bonchev–Trinajstić information content (AvgIpc) is 2.34. The van der Waals surface area contributed by atoms with Gasteiger partial charge in [0.2, 0.25) is 10.0 Å². The molecule has 7 heteroatoms. The van der Waals surface area contributed by atoms with Crippen LogP contribution >= 0.6 is 11.6 Å². The van der Waals surface area contributed by atoms with Gasteiger partial charge in [-0.25, -0.2) is 18.1 Å². The standard InChI is InChI=1S/C11H15ClN2O3S/c1-2-3-8-17-9-7-14-18(15,16)10-5-4-6-13-11(10)12/h2,4-6,14H,1,3,7-9H2. The van der Waals surface area contributed by atoms with E-state index in [1.54, 1.807) is 6.08 Å². The first-order chi connectivity index (χ1) is 8.58. The normalized spacial score (nSPS) is 11.4. The predicted molar refractivity (Wildman–Crippen MR) is 70.1 cm³/mol. The van der Waals surface area contributed by atoms with Gasteiger partial charge in [-0.05, 0) is 18.6 Å². The topological polar surface area (TPSA) is 68.3 Å². The van der Waals surface area contributed by atoms with Crippen LogP contribution in [0.25, 0.3) is 0 Å². The van der Waals surface area contributed by atoms with Crippen molar-refractivity contribution in [1.29, 1.82) is 0 Å². The third-order valence-electron chi connectivity index (χ3n) is 2.02. The summed E-state index contributed by atoms with van der Waals surface area (Å²) in [6.45, 7) is 4.56. The Balaban J connectivity index is 2.46. The van der Waals surface area contributed by atoms with Crippen LogP contribution in [0.15, 0.2) is 35.9 Å². The third-order valence-corrected chi connectivity index (χ3v) is 3.93. The average molecular weight is 291 g/mol. The highest BCUT2D eigenvalue weighted by atomic mass is 35.5. The molecule has 0 amide bonds. The van der Waals surface area contributed by atoms with Crippen molar-refractivity contribution in [3.05, 3.63) is 36.1 Å². The van der Waals surface area contributed by atoms with E-state index in [0.717, 1.165) is 6.42 Å². The van der Waals surface area contributed by atoms with Gasteiger partial charge in [-0.15, -0.1) is 6.58 Å². The molecule has 1 heterocycles. The third kappa shape index (κ3) is 4.73. The second-order valence-corrected chi connectivity index (χ2v) is 5.47. The Morgan fingerprint density at radius 3 is 2.94 bits per heavy atom. The summed E-state index contributed by atoms with van der Waals surface area (Å²) in [4.78, 5) is 3.69. The number of sulfonamides is 1. The summed E-state index contributed by atoms with van der Waals surface area (Å²) in [5.74, 6) is 0. The van der Waals surface area contributed by atoms with Gasteiger partial charge in [0, 0.05) is 12.7 Å². The van der Waals surface area contributed by atoms with Gasteiger partial charge in [0.05, 0.1) is 13.2 Å². The van der Waals surface area contributed by atoms with Crippen LogP contribution in [0.1, 0.15) is 6.42 Å². The smallest absolute Gasteiger partial charge is 0.243 e. The van der Waals surface area contributed by atoms with Crippen molar-refractivity contribution in [1.82, 2.24) is 9.71 Å². The zero-order valence-corrected chi connectivity index (χ0v) is 11.4. The number of halogens is 1. The molecule has 0 saturated carbocycles. The Kier molecular flexibility index (Phi) is 6.28. The monoisotopic (exact) mass is 290 g/mol. The largest absolute Gasteiger partial charge is 0.380 e. The molecule has 0 fully saturated rings. The molecule has 0 spiro atoms. The van der Waals surface area contributed by atoms with E-state index in [-0.39, 0.29) is 16.6 Å². The van der Waals surface area contributed by atoms with E-state index in [2.05, 4.69) is 16.3 Å². The van der Waals surface area contributed by atoms with Crippen LogP contribution in [0, 0.1) is 0 Å². The fourth-order valence-electron chi connectivity index (χ4n) is 1.17. The molecule has 1 aromatic heterocycles. The molecule has 18 heavy (non-hydrogen) atoms. The minimum Gasteiger partial charge on any atom is -0.380 e. The van der Waals surface area contributed by atoms with E-state index < -0.39 is 10.0 Å². The number of nitrogens with zero attached hydrogens (tertiary/aromatic N) is 1. The van der Waals surface area contributed by atoms with Crippen LogP contribution < -0.4 is 4.72 Å². The van der Waals surface area contributed by atoms with Gasteiger partial charge in [-0.3, -0.25) is 0 Å². The fourth-order valence-corrected chi connectivity index (χ4v) is 2.63. The Bertz CT molecular complexity index is 491. The first kappa shape index (κ1) is 15.1. The summed E-state index contributed by atoms with van der Waals surface area (Å²) >= 11 is 5.72. The Hall–Kier alpha value is -0.950. The van der Waals surface area contributed by atoms with Crippen molar-refractivity contribution < 1.29 is 13.2 Å². The number of nitrogens with one attached hydrogen (secondary N) is 1. The van der Waals surface area contributed by atoms with E-state index in [0.29, 0.717) is 13.2 Å². The molecule has 0 atom stereocenters. The highest BCUT2D eigenvalue weighted by Gasteiger charge is 2.17. The van der Waals surface area contributed by atoms with E-state index >= 15 is 0 Å². The number of hydrogen-bond donors (Lipinski definition) is 1. The van der Waals surface area contributed by atoms with Gasteiger partial charge < -0.3 is 4.74 Å². The lowest BCUT2D eigenvalue weighted by atomic mass is 10.5. The molecule has 0 aromatic carbocycles. The summed E-state index contributed by atoms with van der Waals surface area (Å²) in [5.41, 5.74) is 0. The van der Waals surface area contributed by atoms with Gasteiger partial charge in [0.1, 0.15) is 10.0 Å². The van der Waals surface area contributed by atoms with Crippen LogP contribution in [-0.4, -0.2) is 33.2 Å². The number of ether oxygens (including phenoxy) is 1. The van der Waals surface area contributed by atoms with Crippen LogP contribution in [-0.2, 0) is 14.8 Å².